The molecule has 0 spiro atoms. The molecule has 0 atom stereocenters. The Labute approximate surface area is 91.2 Å². The first-order valence-corrected chi connectivity index (χ1v) is 6.12. The quantitative estimate of drug-likeness (QED) is 0.844. The minimum Gasteiger partial charge on any atom is -0.310 e. The summed E-state index contributed by atoms with van der Waals surface area (Å²) in [6, 6.07) is 2.02. The Hall–Kier alpha value is -1.16. The Kier molecular flexibility index (Phi) is 1.92. The second kappa shape index (κ2) is 3.17. The van der Waals surface area contributed by atoms with Crippen molar-refractivity contribution in [2.75, 3.05) is 0 Å². The molecule has 1 fully saturated rings. The molecule has 0 bridgehead atoms. The van der Waals surface area contributed by atoms with Gasteiger partial charge in [0.25, 0.3) is 5.56 Å². The van der Waals surface area contributed by atoms with Crippen LogP contribution in [0.25, 0.3) is 10.2 Å². The van der Waals surface area contributed by atoms with Crippen LogP contribution in [0, 0.1) is 0 Å². The lowest BCUT2D eigenvalue weighted by atomic mass is 10.3. The SMILES string of the molecule is CCc1nc2sc(C3CC3)cc2c(=O)[nH]1. The van der Waals surface area contributed by atoms with Crippen molar-refractivity contribution >= 4 is 21.6 Å². The molecule has 2 heterocycles. The molecule has 3 rings (SSSR count). The van der Waals surface area contributed by atoms with Gasteiger partial charge in [0.2, 0.25) is 0 Å². The Balaban J connectivity index is 2.24. The van der Waals surface area contributed by atoms with Crippen molar-refractivity contribution < 1.29 is 0 Å². The minimum absolute atomic E-state index is 0.0139. The van der Waals surface area contributed by atoms with E-state index in [-0.39, 0.29) is 5.56 Å². The summed E-state index contributed by atoms with van der Waals surface area (Å²) in [5.41, 5.74) is 0.0139. The van der Waals surface area contributed by atoms with E-state index < -0.39 is 0 Å². The van der Waals surface area contributed by atoms with Crippen molar-refractivity contribution in [3.63, 3.8) is 0 Å². The molecule has 1 N–H and O–H groups in total. The van der Waals surface area contributed by atoms with E-state index in [2.05, 4.69) is 9.97 Å². The molecule has 15 heavy (non-hydrogen) atoms. The van der Waals surface area contributed by atoms with Gasteiger partial charge in [-0.2, -0.15) is 0 Å². The van der Waals surface area contributed by atoms with Gasteiger partial charge in [-0.15, -0.1) is 11.3 Å². The fourth-order valence-corrected chi connectivity index (χ4v) is 2.95. The Morgan fingerprint density at radius 1 is 1.60 bits per heavy atom. The predicted octanol–water partition coefficient (Wildman–Crippen LogP) is 2.42. The van der Waals surface area contributed by atoms with Crippen LogP contribution >= 0.6 is 11.3 Å². The molecule has 0 saturated heterocycles. The number of thiophene rings is 1. The maximum Gasteiger partial charge on any atom is 0.259 e. The number of H-pyrrole nitrogens is 1. The third-order valence-electron chi connectivity index (χ3n) is 2.79. The number of hydrogen-bond acceptors (Lipinski definition) is 3. The van der Waals surface area contributed by atoms with Gasteiger partial charge in [0.15, 0.2) is 0 Å². The first-order chi connectivity index (χ1) is 7.28. The highest BCUT2D eigenvalue weighted by Crippen LogP contribution is 2.44. The van der Waals surface area contributed by atoms with E-state index in [0.29, 0.717) is 5.92 Å². The lowest BCUT2D eigenvalue weighted by Gasteiger charge is -1.94. The largest absolute Gasteiger partial charge is 0.310 e. The normalized spacial score (nSPS) is 16.1. The lowest BCUT2D eigenvalue weighted by molar-refractivity contribution is 0.948. The fraction of sp³-hybridized carbons (Fsp3) is 0.455. The van der Waals surface area contributed by atoms with Crippen molar-refractivity contribution in [3.8, 4) is 0 Å². The van der Waals surface area contributed by atoms with Crippen LogP contribution in [0.2, 0.25) is 0 Å². The van der Waals surface area contributed by atoms with Gasteiger partial charge in [0, 0.05) is 11.3 Å². The molecular formula is C11H12N2OS. The summed E-state index contributed by atoms with van der Waals surface area (Å²) in [5.74, 6) is 1.49. The van der Waals surface area contributed by atoms with Gasteiger partial charge in [0.05, 0.1) is 5.39 Å². The lowest BCUT2D eigenvalue weighted by Crippen LogP contribution is -2.09. The Morgan fingerprint density at radius 3 is 3.07 bits per heavy atom. The number of hydrogen-bond donors (Lipinski definition) is 1. The van der Waals surface area contributed by atoms with Gasteiger partial charge in [-0.3, -0.25) is 4.79 Å². The first-order valence-electron chi connectivity index (χ1n) is 5.30. The molecule has 1 aliphatic rings. The van der Waals surface area contributed by atoms with E-state index in [1.165, 1.54) is 17.7 Å². The van der Waals surface area contributed by atoms with Crippen molar-refractivity contribution in [2.45, 2.75) is 32.1 Å². The third kappa shape index (κ3) is 1.49. The molecule has 4 heteroatoms. The van der Waals surface area contributed by atoms with Crippen molar-refractivity contribution in [1.82, 2.24) is 9.97 Å². The van der Waals surface area contributed by atoms with Crippen LogP contribution in [0.4, 0.5) is 0 Å². The van der Waals surface area contributed by atoms with Gasteiger partial charge in [-0.1, -0.05) is 6.92 Å². The number of fused-ring (bicyclic) bond motifs is 1. The van der Waals surface area contributed by atoms with Crippen LogP contribution in [0.5, 0.6) is 0 Å². The zero-order valence-electron chi connectivity index (χ0n) is 8.54. The summed E-state index contributed by atoms with van der Waals surface area (Å²) in [7, 11) is 0. The molecule has 3 nitrogen and oxygen atoms in total. The fourth-order valence-electron chi connectivity index (χ4n) is 1.73. The molecule has 1 aliphatic carbocycles. The van der Waals surface area contributed by atoms with Crippen LogP contribution in [-0.4, -0.2) is 9.97 Å². The molecule has 1 saturated carbocycles. The van der Waals surface area contributed by atoms with Crippen LogP contribution in [0.15, 0.2) is 10.9 Å². The van der Waals surface area contributed by atoms with Gasteiger partial charge in [0.1, 0.15) is 10.7 Å². The molecule has 2 aromatic heterocycles. The molecule has 0 aliphatic heterocycles. The maximum absolute atomic E-state index is 11.7. The van der Waals surface area contributed by atoms with Gasteiger partial charge >= 0.3 is 0 Å². The van der Waals surface area contributed by atoms with Gasteiger partial charge in [-0.25, -0.2) is 4.98 Å². The zero-order chi connectivity index (χ0) is 10.4. The van der Waals surface area contributed by atoms with Crippen molar-refractivity contribution in [1.29, 1.82) is 0 Å². The average Bonchev–Trinajstić information content (AvgIpc) is 2.98. The second-order valence-corrected chi connectivity index (χ2v) is 5.07. The number of rotatable bonds is 2. The summed E-state index contributed by atoms with van der Waals surface area (Å²) >= 11 is 1.68. The topological polar surface area (TPSA) is 45.8 Å². The highest BCUT2D eigenvalue weighted by Gasteiger charge is 2.26. The van der Waals surface area contributed by atoms with E-state index in [4.69, 9.17) is 0 Å². The third-order valence-corrected chi connectivity index (χ3v) is 3.98. The maximum atomic E-state index is 11.7. The Morgan fingerprint density at radius 2 is 2.40 bits per heavy atom. The van der Waals surface area contributed by atoms with E-state index in [1.54, 1.807) is 11.3 Å². The van der Waals surface area contributed by atoms with Gasteiger partial charge < -0.3 is 4.98 Å². The smallest absolute Gasteiger partial charge is 0.259 e. The standard InChI is InChI=1S/C11H12N2OS/c1-2-9-12-10(14)7-5-8(6-3-4-6)15-11(7)13-9/h5-6H,2-4H2,1H3,(H,12,13,14). The Bertz CT molecular complexity index is 565. The van der Waals surface area contributed by atoms with Gasteiger partial charge in [-0.05, 0) is 24.8 Å². The molecule has 0 radical (unpaired) electrons. The highest BCUT2D eigenvalue weighted by molar-refractivity contribution is 7.18. The number of nitrogens with one attached hydrogen (secondary N) is 1. The number of nitrogens with zero attached hydrogens (tertiary/aromatic N) is 1. The summed E-state index contributed by atoms with van der Waals surface area (Å²) in [6.45, 7) is 2.00. The first kappa shape index (κ1) is 9.09. The summed E-state index contributed by atoms with van der Waals surface area (Å²) in [5, 5.41) is 0.763. The molecule has 0 aromatic carbocycles. The van der Waals surface area contributed by atoms with E-state index in [1.807, 2.05) is 13.0 Å². The number of aromatic amines is 1. The predicted molar refractivity (Wildman–Crippen MR) is 61.6 cm³/mol. The number of aryl methyl sites for hydroxylation is 1. The summed E-state index contributed by atoms with van der Waals surface area (Å²) in [6.07, 6.45) is 3.32. The minimum atomic E-state index is 0.0139. The van der Waals surface area contributed by atoms with E-state index in [0.717, 1.165) is 22.5 Å². The second-order valence-electron chi connectivity index (χ2n) is 4.01. The molecular weight excluding hydrogens is 208 g/mol. The van der Waals surface area contributed by atoms with Crippen LogP contribution in [0.3, 0.4) is 0 Å². The zero-order valence-corrected chi connectivity index (χ0v) is 9.36. The van der Waals surface area contributed by atoms with Crippen LogP contribution < -0.4 is 5.56 Å². The highest BCUT2D eigenvalue weighted by atomic mass is 32.1. The van der Waals surface area contributed by atoms with Crippen molar-refractivity contribution in [2.24, 2.45) is 0 Å². The summed E-state index contributed by atoms with van der Waals surface area (Å²) in [4.78, 5) is 21.2. The average molecular weight is 220 g/mol. The van der Waals surface area contributed by atoms with E-state index in [9.17, 15) is 4.79 Å². The van der Waals surface area contributed by atoms with Crippen LogP contribution in [0.1, 0.15) is 36.4 Å². The van der Waals surface area contributed by atoms with E-state index >= 15 is 0 Å². The summed E-state index contributed by atoms with van der Waals surface area (Å²) < 4.78 is 0. The monoisotopic (exact) mass is 220 g/mol. The molecule has 78 valence electrons. The molecule has 0 amide bonds. The molecule has 2 aromatic rings. The van der Waals surface area contributed by atoms with Crippen LogP contribution in [-0.2, 0) is 6.42 Å². The van der Waals surface area contributed by atoms with Crippen molar-refractivity contribution in [3.05, 3.63) is 27.1 Å². The molecule has 0 unspecified atom stereocenters. The number of aromatic nitrogens is 2.